The molecule has 0 aromatic carbocycles. The normalized spacial score (nSPS) is 20.3. The van der Waals surface area contributed by atoms with E-state index in [9.17, 15) is 28.5 Å². The average Bonchev–Trinajstić information content (AvgIpc) is 3.22. The molecule has 6 unspecified atom stereocenters. The Morgan fingerprint density at radius 3 is 1.57 bits per heavy atom. The lowest BCUT2D eigenvalue weighted by Gasteiger charge is -2.41. The Hall–Kier alpha value is -1.16. The Morgan fingerprint density at radius 2 is 1.08 bits per heavy atom. The quantitative estimate of drug-likeness (QED) is 0.0197. The van der Waals surface area contributed by atoms with Crippen LogP contribution in [0.3, 0.4) is 0 Å². The maximum atomic E-state index is 12.9. The van der Waals surface area contributed by atoms with Crippen LogP contribution < -0.4 is 0 Å². The van der Waals surface area contributed by atoms with Crippen LogP contribution in [0, 0.1) is 0 Å². The molecule has 0 aromatic heterocycles. The second-order valence-electron chi connectivity index (χ2n) is 17.1. The SMILES string of the molecule is CCC/C=C\CCCCCCCCOCC(COC1OC(CO)C(O)C(OS(=O)(=O)O)C1O)OC(=O)CCCCCCCCCCCCCCCCCCCCCCCC. The lowest BCUT2D eigenvalue weighted by Crippen LogP contribution is -2.60. The van der Waals surface area contributed by atoms with Crippen molar-refractivity contribution in [2.45, 2.75) is 256 Å². The van der Waals surface area contributed by atoms with Crippen LogP contribution in [0.25, 0.3) is 0 Å². The summed E-state index contributed by atoms with van der Waals surface area (Å²) in [5.74, 6) is -0.397. The topological polar surface area (TPSA) is 178 Å². The monoisotopic (exact) mass is 879 g/mol. The lowest BCUT2D eigenvalue weighted by atomic mass is 9.99. The van der Waals surface area contributed by atoms with E-state index < -0.39 is 59.8 Å². The molecule has 0 spiro atoms. The number of allylic oxidation sites excluding steroid dienone is 2. The van der Waals surface area contributed by atoms with E-state index in [2.05, 4.69) is 30.2 Å². The Bertz CT molecular complexity index is 1110. The molecule has 0 aromatic rings. The van der Waals surface area contributed by atoms with Gasteiger partial charge < -0.3 is 34.3 Å². The van der Waals surface area contributed by atoms with Gasteiger partial charge in [-0.1, -0.05) is 193 Å². The van der Waals surface area contributed by atoms with Gasteiger partial charge in [0.25, 0.3) is 0 Å². The van der Waals surface area contributed by atoms with Gasteiger partial charge in [0.05, 0.1) is 19.8 Å². The number of carbonyl (C=O) groups is 1. The molecule has 6 atom stereocenters. The molecule has 1 heterocycles. The van der Waals surface area contributed by atoms with Crippen LogP contribution in [0.15, 0.2) is 12.2 Å². The Balaban J connectivity index is 2.31. The number of carbonyl (C=O) groups excluding carboxylic acids is 1. The summed E-state index contributed by atoms with van der Waals surface area (Å²) in [6.45, 7) is 3.95. The molecule has 1 aliphatic rings. The van der Waals surface area contributed by atoms with Crippen LogP contribution in [0.4, 0.5) is 0 Å². The number of unbranched alkanes of at least 4 members (excludes halogenated alkanes) is 28. The predicted molar refractivity (Wildman–Crippen MR) is 239 cm³/mol. The third-order valence-electron chi connectivity index (χ3n) is 11.4. The van der Waals surface area contributed by atoms with Crippen LogP contribution in [-0.2, 0) is 38.3 Å². The smallest absolute Gasteiger partial charge is 0.397 e. The largest absolute Gasteiger partial charge is 0.457 e. The Kier molecular flexibility index (Phi) is 37.4. The number of aliphatic hydroxyl groups excluding tert-OH is 3. The second kappa shape index (κ2) is 39.4. The average molecular weight is 879 g/mol. The van der Waals surface area contributed by atoms with Gasteiger partial charge in [-0.25, -0.2) is 4.18 Å². The van der Waals surface area contributed by atoms with Gasteiger partial charge >= 0.3 is 16.4 Å². The van der Waals surface area contributed by atoms with Crippen molar-refractivity contribution >= 4 is 16.4 Å². The number of hydrogen-bond acceptors (Lipinski definition) is 11. The molecule has 1 rings (SSSR count). The molecular weight excluding hydrogens is 789 g/mol. The highest BCUT2D eigenvalue weighted by Crippen LogP contribution is 2.26. The standard InChI is InChI=1S/C47H90O12S/c1-3-5-7-9-11-13-15-16-17-18-19-20-21-22-23-24-25-26-28-30-32-34-36-43(49)57-41(39-55-37-35-33-31-29-27-14-12-10-8-6-4-2)40-56-47-45(51)46(59-60(52,53)54)44(50)42(38-48)58-47/h8,10,41-42,44-48,50-51H,3-7,9,11-40H2,1-2H3,(H,52,53,54)/b10-8-. The number of hydrogen-bond donors (Lipinski definition) is 4. The number of esters is 1. The molecule has 13 heteroatoms. The Labute approximate surface area is 366 Å². The molecule has 1 saturated heterocycles. The highest BCUT2D eigenvalue weighted by Gasteiger charge is 2.48. The molecule has 1 fully saturated rings. The predicted octanol–water partition coefficient (Wildman–Crippen LogP) is 10.6. The van der Waals surface area contributed by atoms with Crippen molar-refractivity contribution in [1.29, 1.82) is 0 Å². The highest BCUT2D eigenvalue weighted by molar-refractivity contribution is 7.80. The minimum atomic E-state index is -5.06. The maximum Gasteiger partial charge on any atom is 0.397 e. The van der Waals surface area contributed by atoms with Gasteiger partial charge in [-0.3, -0.25) is 9.35 Å². The minimum Gasteiger partial charge on any atom is -0.457 e. The molecule has 12 nitrogen and oxygen atoms in total. The number of rotatable bonds is 43. The van der Waals surface area contributed by atoms with Gasteiger partial charge in [0.2, 0.25) is 0 Å². The number of aliphatic hydroxyl groups is 3. The highest BCUT2D eigenvalue weighted by atomic mass is 32.3. The summed E-state index contributed by atoms with van der Waals surface area (Å²) in [5, 5.41) is 30.7. The van der Waals surface area contributed by atoms with Gasteiger partial charge in [0.15, 0.2) is 6.29 Å². The first-order valence-electron chi connectivity index (χ1n) is 24.4. The molecular formula is C47H90O12S. The van der Waals surface area contributed by atoms with Gasteiger partial charge in [-0.05, 0) is 32.1 Å². The molecule has 1 aliphatic heterocycles. The summed E-state index contributed by atoms with van der Waals surface area (Å²) in [6.07, 6.45) is 34.0. The van der Waals surface area contributed by atoms with E-state index in [1.165, 1.54) is 141 Å². The van der Waals surface area contributed by atoms with Gasteiger partial charge in [-0.15, -0.1) is 0 Å². The molecule has 356 valence electrons. The summed E-state index contributed by atoms with van der Waals surface area (Å²) in [6, 6.07) is 0. The van der Waals surface area contributed by atoms with Gasteiger partial charge in [0.1, 0.15) is 30.5 Å². The van der Waals surface area contributed by atoms with E-state index in [1.807, 2.05) is 0 Å². The van der Waals surface area contributed by atoms with Crippen LogP contribution >= 0.6 is 0 Å². The summed E-state index contributed by atoms with van der Waals surface area (Å²) < 4.78 is 59.1. The lowest BCUT2D eigenvalue weighted by molar-refractivity contribution is -0.301. The molecule has 0 radical (unpaired) electrons. The third kappa shape index (κ3) is 32.5. The van der Waals surface area contributed by atoms with Gasteiger partial charge in [-0.2, -0.15) is 8.42 Å². The maximum absolute atomic E-state index is 12.9. The zero-order chi connectivity index (χ0) is 43.9. The fraction of sp³-hybridized carbons (Fsp3) is 0.936. The van der Waals surface area contributed by atoms with Crippen LogP contribution in [0.1, 0.15) is 219 Å². The second-order valence-corrected chi connectivity index (χ2v) is 18.1. The van der Waals surface area contributed by atoms with Crippen molar-refractivity contribution < 1.29 is 56.2 Å². The van der Waals surface area contributed by atoms with Crippen molar-refractivity contribution in [2.24, 2.45) is 0 Å². The first kappa shape index (κ1) is 56.9. The molecule has 4 N–H and O–H groups in total. The summed E-state index contributed by atoms with van der Waals surface area (Å²) in [4.78, 5) is 12.9. The van der Waals surface area contributed by atoms with Crippen LogP contribution in [-0.4, -0.2) is 97.5 Å². The zero-order valence-electron chi connectivity index (χ0n) is 38.0. The Morgan fingerprint density at radius 1 is 0.617 bits per heavy atom. The van der Waals surface area contributed by atoms with E-state index in [0.717, 1.165) is 51.4 Å². The first-order valence-corrected chi connectivity index (χ1v) is 25.8. The molecule has 0 amide bonds. The van der Waals surface area contributed by atoms with E-state index in [-0.39, 0.29) is 19.6 Å². The summed E-state index contributed by atoms with van der Waals surface area (Å²) >= 11 is 0. The summed E-state index contributed by atoms with van der Waals surface area (Å²) in [7, 11) is -5.06. The van der Waals surface area contributed by atoms with Crippen molar-refractivity contribution in [3.05, 3.63) is 12.2 Å². The van der Waals surface area contributed by atoms with E-state index in [4.69, 9.17) is 23.5 Å². The van der Waals surface area contributed by atoms with Crippen molar-refractivity contribution in [3.63, 3.8) is 0 Å². The molecule has 0 aliphatic carbocycles. The van der Waals surface area contributed by atoms with Crippen molar-refractivity contribution in [3.8, 4) is 0 Å². The van der Waals surface area contributed by atoms with E-state index in [1.54, 1.807) is 0 Å². The van der Waals surface area contributed by atoms with E-state index >= 15 is 0 Å². The van der Waals surface area contributed by atoms with Crippen LogP contribution in [0.2, 0.25) is 0 Å². The molecule has 60 heavy (non-hydrogen) atoms. The zero-order valence-corrected chi connectivity index (χ0v) is 38.9. The fourth-order valence-electron chi connectivity index (χ4n) is 7.68. The third-order valence-corrected chi connectivity index (χ3v) is 11.8. The molecule has 0 bridgehead atoms. The van der Waals surface area contributed by atoms with E-state index in [0.29, 0.717) is 13.0 Å². The minimum absolute atomic E-state index is 0.0367. The fourth-order valence-corrected chi connectivity index (χ4v) is 8.19. The first-order chi connectivity index (χ1) is 29.1. The summed E-state index contributed by atoms with van der Waals surface area (Å²) in [5.41, 5.74) is 0. The molecule has 0 saturated carbocycles. The van der Waals surface area contributed by atoms with Crippen LogP contribution in [0.5, 0.6) is 0 Å². The van der Waals surface area contributed by atoms with Crippen molar-refractivity contribution in [2.75, 3.05) is 26.4 Å². The number of ether oxygens (including phenoxy) is 4. The van der Waals surface area contributed by atoms with Gasteiger partial charge in [0, 0.05) is 13.0 Å². The van der Waals surface area contributed by atoms with Crippen molar-refractivity contribution in [1.82, 2.24) is 0 Å².